The summed E-state index contributed by atoms with van der Waals surface area (Å²) < 4.78 is 4.38. The fraction of sp³-hybridized carbons (Fsp3) is 0.833. The summed E-state index contributed by atoms with van der Waals surface area (Å²) in [6.45, 7) is 1.90. The van der Waals surface area contributed by atoms with Crippen LogP contribution < -0.4 is 11.5 Å². The predicted octanol–water partition coefficient (Wildman–Crippen LogP) is -0.427. The van der Waals surface area contributed by atoms with Crippen molar-refractivity contribution in [2.45, 2.75) is 25.4 Å². The molecule has 0 rings (SSSR count). The van der Waals surface area contributed by atoms with Crippen LogP contribution in [0.25, 0.3) is 0 Å². The Balaban J connectivity index is 3.96. The number of hydrogen-bond acceptors (Lipinski definition) is 4. The number of carbonyl (C=O) groups excluding carboxylic acids is 1. The summed E-state index contributed by atoms with van der Waals surface area (Å²) in [6.07, 6.45) is 1.21. The Hall–Kier alpha value is -0.610. The van der Waals surface area contributed by atoms with Crippen LogP contribution in [0.5, 0.6) is 0 Å². The summed E-state index contributed by atoms with van der Waals surface area (Å²) in [5.74, 6) is -0.561. The first-order chi connectivity index (χ1) is 4.54. The monoisotopic (exact) mass is 146 g/mol. The van der Waals surface area contributed by atoms with Gasteiger partial charge in [-0.2, -0.15) is 0 Å². The van der Waals surface area contributed by atoms with Gasteiger partial charge in [0, 0.05) is 0 Å². The minimum Gasteiger partial charge on any atom is -0.467 e. The van der Waals surface area contributed by atoms with Gasteiger partial charge in [0.05, 0.1) is 7.11 Å². The van der Waals surface area contributed by atoms with Crippen LogP contribution in [0.15, 0.2) is 0 Å². The molecule has 0 atom stereocenters. The lowest BCUT2D eigenvalue weighted by atomic mass is 10.1. The smallest absolute Gasteiger partial charge is 0.340 e. The summed E-state index contributed by atoms with van der Waals surface area (Å²) in [5.41, 5.74) is 9.47. The highest BCUT2D eigenvalue weighted by molar-refractivity contribution is 5.79. The molecule has 0 aromatic carbocycles. The van der Waals surface area contributed by atoms with E-state index in [0.29, 0.717) is 6.42 Å². The van der Waals surface area contributed by atoms with Gasteiger partial charge < -0.3 is 16.2 Å². The number of ether oxygens (including phenoxy) is 1. The minimum atomic E-state index is -1.30. The average Bonchev–Trinajstić information content (AvgIpc) is 1.86. The molecule has 0 fully saturated rings. The molecular formula is C6H14N2O2. The fourth-order valence-electron chi connectivity index (χ4n) is 0.706. The van der Waals surface area contributed by atoms with Gasteiger partial charge in [0.1, 0.15) is 0 Å². The van der Waals surface area contributed by atoms with Crippen LogP contribution in [0.1, 0.15) is 19.8 Å². The maximum atomic E-state index is 10.8. The number of carbonyl (C=O) groups is 1. The van der Waals surface area contributed by atoms with E-state index in [1.54, 1.807) is 0 Å². The third kappa shape index (κ3) is 2.33. The zero-order valence-corrected chi connectivity index (χ0v) is 6.39. The van der Waals surface area contributed by atoms with Gasteiger partial charge in [-0.05, 0) is 6.42 Å². The first-order valence-corrected chi connectivity index (χ1v) is 3.20. The molecule has 0 aliphatic rings. The molecule has 0 heterocycles. The lowest BCUT2D eigenvalue weighted by Gasteiger charge is -2.19. The fourth-order valence-corrected chi connectivity index (χ4v) is 0.706. The Kier molecular flexibility index (Phi) is 3.32. The maximum absolute atomic E-state index is 10.8. The summed E-state index contributed by atoms with van der Waals surface area (Å²) in [5, 5.41) is 0. The number of rotatable bonds is 3. The zero-order valence-electron chi connectivity index (χ0n) is 6.39. The SMILES string of the molecule is CCCC(N)(N)C(=O)OC. The molecule has 4 heteroatoms. The average molecular weight is 146 g/mol. The first kappa shape index (κ1) is 9.39. The van der Waals surface area contributed by atoms with Crippen molar-refractivity contribution in [1.82, 2.24) is 0 Å². The molecule has 4 N–H and O–H groups in total. The van der Waals surface area contributed by atoms with Gasteiger partial charge >= 0.3 is 5.97 Å². The molecule has 0 spiro atoms. The number of methoxy groups -OCH3 is 1. The van der Waals surface area contributed by atoms with E-state index in [1.165, 1.54) is 7.11 Å². The lowest BCUT2D eigenvalue weighted by molar-refractivity contribution is -0.147. The van der Waals surface area contributed by atoms with Gasteiger partial charge in [-0.15, -0.1) is 0 Å². The first-order valence-electron chi connectivity index (χ1n) is 3.20. The Morgan fingerprint density at radius 3 is 2.40 bits per heavy atom. The molecule has 0 bridgehead atoms. The van der Waals surface area contributed by atoms with Gasteiger partial charge in [0.25, 0.3) is 0 Å². The van der Waals surface area contributed by atoms with E-state index in [1.807, 2.05) is 6.92 Å². The molecule has 0 aliphatic carbocycles. The standard InChI is InChI=1S/C6H14N2O2/c1-3-4-6(7,8)5(9)10-2/h3-4,7-8H2,1-2H3. The second kappa shape index (κ2) is 3.53. The third-order valence-electron chi connectivity index (χ3n) is 1.23. The van der Waals surface area contributed by atoms with Gasteiger partial charge in [0.2, 0.25) is 0 Å². The van der Waals surface area contributed by atoms with E-state index in [2.05, 4.69) is 4.74 Å². The molecule has 10 heavy (non-hydrogen) atoms. The molecule has 0 radical (unpaired) electrons. The summed E-state index contributed by atoms with van der Waals surface area (Å²) in [4.78, 5) is 10.8. The van der Waals surface area contributed by atoms with Crippen molar-refractivity contribution in [2.75, 3.05) is 7.11 Å². The summed E-state index contributed by atoms with van der Waals surface area (Å²) in [7, 11) is 1.27. The summed E-state index contributed by atoms with van der Waals surface area (Å²) >= 11 is 0. The molecule has 4 nitrogen and oxygen atoms in total. The molecule has 0 aliphatic heterocycles. The van der Waals surface area contributed by atoms with Crippen LogP contribution in [0, 0.1) is 0 Å². The van der Waals surface area contributed by atoms with Crippen molar-refractivity contribution < 1.29 is 9.53 Å². The van der Waals surface area contributed by atoms with Crippen LogP contribution in [0.2, 0.25) is 0 Å². The van der Waals surface area contributed by atoms with Gasteiger partial charge in [0.15, 0.2) is 5.66 Å². The van der Waals surface area contributed by atoms with Crippen molar-refractivity contribution >= 4 is 5.97 Å². The molecule has 0 saturated carbocycles. The third-order valence-corrected chi connectivity index (χ3v) is 1.23. The normalized spacial score (nSPS) is 11.2. The van der Waals surface area contributed by atoms with Gasteiger partial charge in [-0.3, -0.25) is 0 Å². The molecule has 60 valence electrons. The second-order valence-corrected chi connectivity index (χ2v) is 2.28. The number of hydrogen-bond donors (Lipinski definition) is 2. The molecular weight excluding hydrogens is 132 g/mol. The number of esters is 1. The lowest BCUT2D eigenvalue weighted by Crippen LogP contribution is -2.56. The van der Waals surface area contributed by atoms with Crippen molar-refractivity contribution in [3.05, 3.63) is 0 Å². The van der Waals surface area contributed by atoms with Crippen molar-refractivity contribution in [1.29, 1.82) is 0 Å². The van der Waals surface area contributed by atoms with Crippen LogP contribution in [0.4, 0.5) is 0 Å². The Bertz CT molecular complexity index is 123. The molecule has 0 unspecified atom stereocenters. The van der Waals surface area contributed by atoms with E-state index in [-0.39, 0.29) is 0 Å². The Morgan fingerprint density at radius 2 is 2.10 bits per heavy atom. The highest BCUT2D eigenvalue weighted by Gasteiger charge is 2.28. The van der Waals surface area contributed by atoms with Crippen LogP contribution >= 0.6 is 0 Å². The second-order valence-electron chi connectivity index (χ2n) is 2.28. The molecule has 0 amide bonds. The van der Waals surface area contributed by atoms with Crippen molar-refractivity contribution in [2.24, 2.45) is 11.5 Å². The highest BCUT2D eigenvalue weighted by Crippen LogP contribution is 2.03. The van der Waals surface area contributed by atoms with E-state index >= 15 is 0 Å². The molecule has 0 aromatic rings. The van der Waals surface area contributed by atoms with Crippen LogP contribution in [-0.2, 0) is 9.53 Å². The Morgan fingerprint density at radius 1 is 1.60 bits per heavy atom. The number of nitrogens with two attached hydrogens (primary N) is 2. The van der Waals surface area contributed by atoms with E-state index in [4.69, 9.17) is 11.5 Å². The maximum Gasteiger partial charge on any atom is 0.340 e. The van der Waals surface area contributed by atoms with Crippen LogP contribution in [0.3, 0.4) is 0 Å². The van der Waals surface area contributed by atoms with Crippen LogP contribution in [-0.4, -0.2) is 18.7 Å². The molecule has 0 aromatic heterocycles. The quantitative estimate of drug-likeness (QED) is 0.418. The Labute approximate surface area is 60.5 Å². The van der Waals surface area contributed by atoms with E-state index < -0.39 is 11.6 Å². The van der Waals surface area contributed by atoms with Crippen molar-refractivity contribution in [3.63, 3.8) is 0 Å². The van der Waals surface area contributed by atoms with Gasteiger partial charge in [-0.1, -0.05) is 13.3 Å². The minimum absolute atomic E-state index is 0.444. The van der Waals surface area contributed by atoms with E-state index in [0.717, 1.165) is 6.42 Å². The summed E-state index contributed by atoms with van der Waals surface area (Å²) in [6, 6.07) is 0. The zero-order chi connectivity index (χ0) is 8.20. The van der Waals surface area contributed by atoms with Gasteiger partial charge in [-0.25, -0.2) is 4.79 Å². The topological polar surface area (TPSA) is 78.3 Å². The van der Waals surface area contributed by atoms with E-state index in [9.17, 15) is 4.79 Å². The predicted molar refractivity (Wildman–Crippen MR) is 38.0 cm³/mol. The molecule has 0 saturated heterocycles. The highest BCUT2D eigenvalue weighted by atomic mass is 16.5. The van der Waals surface area contributed by atoms with Crippen molar-refractivity contribution in [3.8, 4) is 0 Å². The largest absolute Gasteiger partial charge is 0.467 e.